The van der Waals surface area contributed by atoms with E-state index in [1.54, 1.807) is 0 Å². The number of hydrogen-bond acceptors (Lipinski definition) is 5. The summed E-state index contributed by atoms with van der Waals surface area (Å²) in [6.07, 6.45) is 0. The maximum atomic E-state index is 12.1. The highest BCUT2D eigenvalue weighted by atomic mass is 35.5. The van der Waals surface area contributed by atoms with Crippen LogP contribution < -0.4 is 5.73 Å². The van der Waals surface area contributed by atoms with E-state index in [0.717, 1.165) is 0 Å². The SMILES string of the molecule is Nc1cc(Cl)ccc1C(=O)c1n[nH]nc1C(=O)O. The smallest absolute Gasteiger partial charge is 0.358 e. The van der Waals surface area contributed by atoms with Gasteiger partial charge in [0, 0.05) is 16.3 Å². The predicted octanol–water partition coefficient (Wildman–Crippen LogP) is 0.970. The average Bonchev–Trinajstić information content (AvgIpc) is 2.77. The Kier molecular flexibility index (Phi) is 2.99. The fourth-order valence-corrected chi connectivity index (χ4v) is 1.59. The second-order valence-corrected chi connectivity index (χ2v) is 3.82. The number of carbonyl (C=O) groups excluding carboxylic acids is 1. The molecule has 2 aromatic rings. The number of aromatic carboxylic acids is 1. The fourth-order valence-electron chi connectivity index (χ4n) is 1.41. The van der Waals surface area contributed by atoms with Gasteiger partial charge in [0.25, 0.3) is 0 Å². The fraction of sp³-hybridized carbons (Fsp3) is 0. The zero-order valence-corrected chi connectivity index (χ0v) is 9.60. The third kappa shape index (κ3) is 2.03. The van der Waals surface area contributed by atoms with Gasteiger partial charge in [-0.1, -0.05) is 11.6 Å². The number of nitrogen functional groups attached to an aromatic ring is 1. The monoisotopic (exact) mass is 266 g/mol. The summed E-state index contributed by atoms with van der Waals surface area (Å²) in [5.74, 6) is -1.98. The van der Waals surface area contributed by atoms with Crippen molar-refractivity contribution in [3.8, 4) is 0 Å². The Hall–Kier alpha value is -2.41. The third-order valence-electron chi connectivity index (χ3n) is 2.22. The van der Waals surface area contributed by atoms with Crippen molar-refractivity contribution in [1.29, 1.82) is 0 Å². The molecule has 0 fully saturated rings. The maximum absolute atomic E-state index is 12.1. The van der Waals surface area contributed by atoms with Gasteiger partial charge >= 0.3 is 5.97 Å². The lowest BCUT2D eigenvalue weighted by Crippen LogP contribution is -2.11. The molecule has 0 amide bonds. The summed E-state index contributed by atoms with van der Waals surface area (Å²) in [5, 5.41) is 18.2. The van der Waals surface area contributed by atoms with Crippen molar-refractivity contribution >= 4 is 29.0 Å². The molecule has 1 aromatic heterocycles. The van der Waals surface area contributed by atoms with Crippen LogP contribution in [0.3, 0.4) is 0 Å². The van der Waals surface area contributed by atoms with E-state index in [0.29, 0.717) is 5.02 Å². The number of carbonyl (C=O) groups is 2. The van der Waals surface area contributed by atoms with Crippen molar-refractivity contribution in [3.05, 3.63) is 40.2 Å². The first-order valence-corrected chi connectivity index (χ1v) is 5.12. The van der Waals surface area contributed by atoms with E-state index in [9.17, 15) is 9.59 Å². The number of H-pyrrole nitrogens is 1. The average molecular weight is 267 g/mol. The van der Waals surface area contributed by atoms with Crippen molar-refractivity contribution in [1.82, 2.24) is 15.4 Å². The summed E-state index contributed by atoms with van der Waals surface area (Å²) in [5.41, 5.74) is 5.17. The van der Waals surface area contributed by atoms with Gasteiger partial charge in [-0.3, -0.25) is 4.79 Å². The lowest BCUT2D eigenvalue weighted by atomic mass is 10.1. The van der Waals surface area contributed by atoms with Gasteiger partial charge in [-0.25, -0.2) is 4.79 Å². The van der Waals surface area contributed by atoms with Gasteiger partial charge in [-0.2, -0.15) is 10.3 Å². The number of halogens is 1. The highest BCUT2D eigenvalue weighted by Crippen LogP contribution is 2.21. The Morgan fingerprint density at radius 3 is 2.56 bits per heavy atom. The first kappa shape index (κ1) is 12.1. The molecule has 0 aliphatic rings. The number of nitrogens with two attached hydrogens (primary N) is 1. The molecule has 92 valence electrons. The zero-order chi connectivity index (χ0) is 13.3. The molecule has 0 saturated carbocycles. The summed E-state index contributed by atoms with van der Waals surface area (Å²) in [4.78, 5) is 22.9. The molecule has 0 aliphatic carbocycles. The van der Waals surface area contributed by atoms with Gasteiger partial charge in [0.2, 0.25) is 11.5 Å². The van der Waals surface area contributed by atoms with Crippen molar-refractivity contribution in [3.63, 3.8) is 0 Å². The largest absolute Gasteiger partial charge is 0.476 e. The van der Waals surface area contributed by atoms with E-state index in [2.05, 4.69) is 15.4 Å². The number of carboxylic acid groups (broad SMARTS) is 1. The van der Waals surface area contributed by atoms with Gasteiger partial charge in [-0.15, -0.1) is 5.10 Å². The van der Waals surface area contributed by atoms with Crippen LogP contribution in [0.4, 0.5) is 5.69 Å². The summed E-state index contributed by atoms with van der Waals surface area (Å²) in [6.45, 7) is 0. The summed E-state index contributed by atoms with van der Waals surface area (Å²) in [7, 11) is 0. The van der Waals surface area contributed by atoms with Crippen molar-refractivity contribution in [2.24, 2.45) is 0 Å². The van der Waals surface area contributed by atoms with E-state index >= 15 is 0 Å². The van der Waals surface area contributed by atoms with Gasteiger partial charge in [0.1, 0.15) is 0 Å². The number of hydrogen-bond donors (Lipinski definition) is 3. The molecule has 0 radical (unpaired) electrons. The number of nitrogens with one attached hydrogen (secondary N) is 1. The van der Waals surface area contributed by atoms with Crippen LogP contribution in [0.2, 0.25) is 5.02 Å². The Morgan fingerprint density at radius 1 is 1.28 bits per heavy atom. The van der Waals surface area contributed by atoms with Crippen molar-refractivity contribution < 1.29 is 14.7 Å². The zero-order valence-electron chi connectivity index (χ0n) is 8.85. The Balaban J connectivity index is 2.48. The highest BCUT2D eigenvalue weighted by Gasteiger charge is 2.24. The molecule has 2 rings (SSSR count). The molecular weight excluding hydrogens is 260 g/mol. The number of carboxylic acids is 1. The number of nitrogens with zero attached hydrogens (tertiary/aromatic N) is 2. The van der Waals surface area contributed by atoms with Crippen LogP contribution in [0, 0.1) is 0 Å². The minimum atomic E-state index is -1.35. The molecule has 4 N–H and O–H groups in total. The second kappa shape index (κ2) is 4.46. The van der Waals surface area contributed by atoms with Crippen LogP contribution in [-0.2, 0) is 0 Å². The molecule has 8 heteroatoms. The number of aromatic nitrogens is 3. The number of rotatable bonds is 3. The van der Waals surface area contributed by atoms with Crippen LogP contribution in [0.5, 0.6) is 0 Å². The van der Waals surface area contributed by atoms with E-state index in [-0.39, 0.29) is 16.9 Å². The number of ketones is 1. The predicted molar refractivity (Wildman–Crippen MR) is 62.6 cm³/mol. The standard InChI is InChI=1S/C10H7ClN4O3/c11-4-1-2-5(6(12)3-4)9(16)7-8(10(17)18)14-15-13-7/h1-3H,12H2,(H,17,18)(H,13,14,15). The van der Waals surface area contributed by atoms with E-state index in [1.807, 2.05) is 0 Å². The first-order chi connectivity index (χ1) is 8.50. The summed E-state index contributed by atoms with van der Waals surface area (Å²) >= 11 is 5.71. The first-order valence-electron chi connectivity index (χ1n) is 4.74. The highest BCUT2D eigenvalue weighted by molar-refractivity contribution is 6.31. The van der Waals surface area contributed by atoms with E-state index in [1.165, 1.54) is 18.2 Å². The minimum absolute atomic E-state index is 0.121. The van der Waals surface area contributed by atoms with Crippen LogP contribution in [-0.4, -0.2) is 32.3 Å². The van der Waals surface area contributed by atoms with Crippen molar-refractivity contribution in [2.45, 2.75) is 0 Å². The van der Waals surface area contributed by atoms with Crippen LogP contribution >= 0.6 is 11.6 Å². The number of anilines is 1. The molecule has 18 heavy (non-hydrogen) atoms. The molecule has 0 unspecified atom stereocenters. The number of aromatic amines is 1. The summed E-state index contributed by atoms with van der Waals surface area (Å²) < 4.78 is 0. The third-order valence-corrected chi connectivity index (χ3v) is 2.46. The van der Waals surface area contributed by atoms with Gasteiger partial charge < -0.3 is 10.8 Å². The molecule has 0 atom stereocenters. The lowest BCUT2D eigenvalue weighted by Gasteiger charge is -2.03. The Bertz CT molecular complexity index is 638. The van der Waals surface area contributed by atoms with Crippen LogP contribution in [0.25, 0.3) is 0 Å². The molecule has 0 bridgehead atoms. The molecule has 1 heterocycles. The molecule has 0 saturated heterocycles. The van der Waals surface area contributed by atoms with E-state index < -0.39 is 17.4 Å². The molecule has 7 nitrogen and oxygen atoms in total. The normalized spacial score (nSPS) is 10.3. The van der Waals surface area contributed by atoms with Crippen LogP contribution in [0.1, 0.15) is 26.5 Å². The Labute approximate surface area is 106 Å². The summed E-state index contributed by atoms with van der Waals surface area (Å²) in [6, 6.07) is 4.28. The maximum Gasteiger partial charge on any atom is 0.358 e. The van der Waals surface area contributed by atoms with Gasteiger partial charge in [-0.05, 0) is 18.2 Å². The molecule has 1 aromatic carbocycles. The van der Waals surface area contributed by atoms with Gasteiger partial charge in [0.15, 0.2) is 5.69 Å². The quantitative estimate of drug-likeness (QED) is 0.562. The molecular formula is C10H7ClN4O3. The minimum Gasteiger partial charge on any atom is -0.476 e. The Morgan fingerprint density at radius 2 is 1.94 bits per heavy atom. The second-order valence-electron chi connectivity index (χ2n) is 3.39. The molecule has 0 spiro atoms. The van der Waals surface area contributed by atoms with Gasteiger partial charge in [0.05, 0.1) is 0 Å². The van der Waals surface area contributed by atoms with E-state index in [4.69, 9.17) is 22.4 Å². The van der Waals surface area contributed by atoms with Crippen molar-refractivity contribution in [2.75, 3.05) is 5.73 Å². The molecule has 0 aliphatic heterocycles. The number of benzene rings is 1. The van der Waals surface area contributed by atoms with Crippen LogP contribution in [0.15, 0.2) is 18.2 Å². The topological polar surface area (TPSA) is 122 Å². The lowest BCUT2D eigenvalue weighted by molar-refractivity contribution is 0.0686.